The highest BCUT2D eigenvalue weighted by atomic mass is 16.5. The van der Waals surface area contributed by atoms with E-state index in [9.17, 15) is 0 Å². The molecule has 0 amide bonds. The normalized spacial score (nSPS) is 23.0. The van der Waals surface area contributed by atoms with Gasteiger partial charge in [-0.1, -0.05) is 25.5 Å². The minimum atomic E-state index is 0.366. The maximum Gasteiger partial charge on any atom is 0.193 e. The summed E-state index contributed by atoms with van der Waals surface area (Å²) < 4.78 is 11.3. The Morgan fingerprint density at radius 1 is 1.31 bits per heavy atom. The van der Waals surface area contributed by atoms with Crippen molar-refractivity contribution in [3.05, 3.63) is 29.8 Å². The largest absolute Gasteiger partial charge is 0.494 e. The number of nitrogens with one attached hydrogen (secondary N) is 1. The highest BCUT2D eigenvalue weighted by molar-refractivity contribution is 5.80. The Kier molecular flexibility index (Phi) is 6.78. The molecule has 1 atom stereocenters. The molecule has 1 aromatic rings. The van der Waals surface area contributed by atoms with E-state index in [1.807, 2.05) is 7.05 Å². The Morgan fingerprint density at radius 3 is 2.85 bits per heavy atom. The number of guanidine groups is 1. The van der Waals surface area contributed by atoms with E-state index in [2.05, 4.69) is 46.4 Å². The van der Waals surface area contributed by atoms with Crippen molar-refractivity contribution < 1.29 is 9.47 Å². The second kappa shape index (κ2) is 9.26. The molecule has 1 aromatic carbocycles. The molecule has 2 saturated heterocycles. The first kappa shape index (κ1) is 19.0. The van der Waals surface area contributed by atoms with Crippen LogP contribution in [0.2, 0.25) is 0 Å². The third kappa shape index (κ3) is 4.91. The monoisotopic (exact) mass is 359 g/mol. The molecular formula is C21H33N3O2. The Morgan fingerprint density at radius 2 is 2.15 bits per heavy atom. The maximum atomic E-state index is 5.72. The maximum absolute atomic E-state index is 5.72. The lowest BCUT2D eigenvalue weighted by atomic mass is 9.87. The van der Waals surface area contributed by atoms with Crippen LogP contribution < -0.4 is 10.1 Å². The van der Waals surface area contributed by atoms with Gasteiger partial charge in [-0.05, 0) is 43.4 Å². The molecule has 2 fully saturated rings. The molecule has 1 N–H and O–H groups in total. The van der Waals surface area contributed by atoms with Gasteiger partial charge >= 0.3 is 0 Å². The van der Waals surface area contributed by atoms with E-state index >= 15 is 0 Å². The molecular weight excluding hydrogens is 326 g/mol. The quantitative estimate of drug-likeness (QED) is 0.462. The number of rotatable bonds is 7. The first-order chi connectivity index (χ1) is 12.7. The number of nitrogens with zero attached hydrogens (tertiary/aromatic N) is 2. The number of hydrogen-bond acceptors (Lipinski definition) is 3. The molecule has 1 unspecified atom stereocenters. The van der Waals surface area contributed by atoms with Crippen LogP contribution in [0.15, 0.2) is 29.3 Å². The summed E-state index contributed by atoms with van der Waals surface area (Å²) in [7, 11) is 1.88. The molecule has 0 bridgehead atoms. The van der Waals surface area contributed by atoms with Crippen molar-refractivity contribution in [3.63, 3.8) is 0 Å². The zero-order valence-corrected chi connectivity index (χ0v) is 16.3. The summed E-state index contributed by atoms with van der Waals surface area (Å²) in [6.07, 6.45) is 5.65. The van der Waals surface area contributed by atoms with Gasteiger partial charge < -0.3 is 19.7 Å². The van der Waals surface area contributed by atoms with Crippen LogP contribution >= 0.6 is 0 Å². The second-order valence-corrected chi connectivity index (χ2v) is 7.54. The molecule has 5 nitrogen and oxygen atoms in total. The topological polar surface area (TPSA) is 46.1 Å². The lowest BCUT2D eigenvalue weighted by Crippen LogP contribution is -2.42. The molecule has 2 aliphatic rings. The van der Waals surface area contributed by atoms with Crippen LogP contribution in [0.3, 0.4) is 0 Å². The van der Waals surface area contributed by atoms with Crippen LogP contribution in [-0.4, -0.2) is 57.4 Å². The fourth-order valence-electron chi connectivity index (χ4n) is 3.82. The van der Waals surface area contributed by atoms with Gasteiger partial charge in [0.25, 0.3) is 0 Å². The van der Waals surface area contributed by atoms with Gasteiger partial charge in [-0.25, -0.2) is 0 Å². The fraction of sp³-hybridized carbons (Fsp3) is 0.667. The third-order valence-corrected chi connectivity index (χ3v) is 5.52. The predicted octanol–water partition coefficient (Wildman–Crippen LogP) is 3.10. The Labute approximate surface area is 157 Å². The second-order valence-electron chi connectivity index (χ2n) is 7.54. The van der Waals surface area contributed by atoms with E-state index in [-0.39, 0.29) is 0 Å². The third-order valence-electron chi connectivity index (χ3n) is 5.52. The molecule has 3 rings (SSSR count). The molecule has 0 aromatic heterocycles. The first-order valence-electron chi connectivity index (χ1n) is 10.00. The minimum absolute atomic E-state index is 0.366. The number of hydrogen-bond donors (Lipinski definition) is 1. The Hall–Kier alpha value is -1.75. The smallest absolute Gasteiger partial charge is 0.193 e. The van der Waals surface area contributed by atoms with Crippen molar-refractivity contribution in [1.82, 2.24) is 10.2 Å². The SMILES string of the molecule is CCCCOc1ccc(CCNC(=NC)N2CCC3(CCOC3)C2)cc1. The van der Waals surface area contributed by atoms with E-state index in [4.69, 9.17) is 9.47 Å². The van der Waals surface area contributed by atoms with Crippen molar-refractivity contribution >= 4 is 5.96 Å². The summed E-state index contributed by atoms with van der Waals surface area (Å²) in [5.41, 5.74) is 1.68. The van der Waals surface area contributed by atoms with Crippen molar-refractivity contribution in [3.8, 4) is 5.75 Å². The van der Waals surface area contributed by atoms with Gasteiger partial charge in [0.2, 0.25) is 0 Å². The molecule has 26 heavy (non-hydrogen) atoms. The highest BCUT2D eigenvalue weighted by Gasteiger charge is 2.42. The zero-order chi connectivity index (χ0) is 18.2. The number of likely N-dealkylation sites (tertiary alicyclic amines) is 1. The average Bonchev–Trinajstić information content (AvgIpc) is 3.30. The minimum Gasteiger partial charge on any atom is -0.494 e. The van der Waals surface area contributed by atoms with Gasteiger partial charge in [-0.15, -0.1) is 0 Å². The number of ether oxygens (including phenoxy) is 2. The van der Waals surface area contributed by atoms with Crippen molar-refractivity contribution in [2.75, 3.05) is 46.5 Å². The van der Waals surface area contributed by atoms with Crippen LogP contribution in [0.25, 0.3) is 0 Å². The first-order valence-corrected chi connectivity index (χ1v) is 10.00. The fourth-order valence-corrected chi connectivity index (χ4v) is 3.82. The van der Waals surface area contributed by atoms with E-state index < -0.39 is 0 Å². The van der Waals surface area contributed by atoms with Gasteiger partial charge in [0, 0.05) is 38.7 Å². The van der Waals surface area contributed by atoms with Crippen molar-refractivity contribution in [2.45, 2.75) is 39.0 Å². The molecule has 2 aliphatic heterocycles. The summed E-state index contributed by atoms with van der Waals surface area (Å²) in [6, 6.07) is 8.47. The zero-order valence-electron chi connectivity index (χ0n) is 16.3. The van der Waals surface area contributed by atoms with E-state index in [1.54, 1.807) is 0 Å². The molecule has 0 radical (unpaired) electrons. The Bertz CT molecular complexity index is 579. The number of benzene rings is 1. The van der Waals surface area contributed by atoms with Gasteiger partial charge in [-0.2, -0.15) is 0 Å². The summed E-state index contributed by atoms with van der Waals surface area (Å²) in [4.78, 5) is 6.87. The lowest BCUT2D eigenvalue weighted by Gasteiger charge is -2.25. The molecule has 5 heteroatoms. The van der Waals surface area contributed by atoms with Gasteiger partial charge in [0.1, 0.15) is 5.75 Å². The predicted molar refractivity (Wildman–Crippen MR) is 106 cm³/mol. The molecule has 2 heterocycles. The van der Waals surface area contributed by atoms with Crippen LogP contribution in [0, 0.1) is 5.41 Å². The molecule has 1 spiro atoms. The van der Waals surface area contributed by atoms with E-state index in [0.29, 0.717) is 5.41 Å². The number of unbranched alkanes of at least 4 members (excludes halogenated alkanes) is 1. The van der Waals surface area contributed by atoms with Crippen LogP contribution in [-0.2, 0) is 11.2 Å². The molecule has 0 saturated carbocycles. The van der Waals surface area contributed by atoms with Crippen LogP contribution in [0.5, 0.6) is 5.75 Å². The summed E-state index contributed by atoms with van der Waals surface area (Å²) >= 11 is 0. The summed E-state index contributed by atoms with van der Waals surface area (Å²) in [5, 5.41) is 3.53. The summed E-state index contributed by atoms with van der Waals surface area (Å²) in [6.45, 7) is 7.84. The number of aliphatic imine (C=N–C) groups is 1. The van der Waals surface area contributed by atoms with Gasteiger partial charge in [0.05, 0.1) is 13.2 Å². The average molecular weight is 360 g/mol. The van der Waals surface area contributed by atoms with E-state index in [1.165, 1.54) is 18.4 Å². The standard InChI is InChI=1S/C21H33N3O2/c1-3-4-14-26-19-7-5-18(6-8-19)9-12-23-20(22-2)24-13-10-21(16-24)11-15-25-17-21/h5-8H,3-4,9-17H2,1-2H3,(H,22,23). The molecule has 144 valence electrons. The van der Waals surface area contributed by atoms with Crippen molar-refractivity contribution in [1.29, 1.82) is 0 Å². The lowest BCUT2D eigenvalue weighted by molar-refractivity contribution is 0.156. The van der Waals surface area contributed by atoms with Crippen LogP contribution in [0.1, 0.15) is 38.2 Å². The molecule has 0 aliphatic carbocycles. The van der Waals surface area contributed by atoms with Gasteiger partial charge in [0.15, 0.2) is 5.96 Å². The van der Waals surface area contributed by atoms with Gasteiger partial charge in [-0.3, -0.25) is 4.99 Å². The van der Waals surface area contributed by atoms with Crippen LogP contribution in [0.4, 0.5) is 0 Å². The van der Waals surface area contributed by atoms with E-state index in [0.717, 1.165) is 70.4 Å². The summed E-state index contributed by atoms with van der Waals surface area (Å²) in [5.74, 6) is 1.99. The Balaban J connectivity index is 1.42. The highest BCUT2D eigenvalue weighted by Crippen LogP contribution is 2.38. The van der Waals surface area contributed by atoms with Crippen molar-refractivity contribution in [2.24, 2.45) is 10.4 Å².